The number of imidazole rings is 1. The summed E-state index contributed by atoms with van der Waals surface area (Å²) < 4.78 is 2.56. The number of hydrogen-bond donors (Lipinski definition) is 0. The van der Waals surface area contributed by atoms with Crippen LogP contribution >= 0.6 is 0 Å². The molecular formula is C21H25N3. The van der Waals surface area contributed by atoms with Gasteiger partial charge in [0, 0.05) is 29.4 Å². The summed E-state index contributed by atoms with van der Waals surface area (Å²) in [5.41, 5.74) is 5.00. The van der Waals surface area contributed by atoms with E-state index in [1.54, 1.807) is 0 Å². The molecule has 0 radical (unpaired) electrons. The maximum absolute atomic E-state index is 5.05. The van der Waals surface area contributed by atoms with Crippen LogP contribution < -0.4 is 0 Å². The predicted octanol–water partition coefficient (Wildman–Crippen LogP) is 5.06. The number of allylic oxidation sites excluding steroid dienone is 1. The fraction of sp³-hybridized carbons (Fsp3) is 0.524. The van der Waals surface area contributed by atoms with Crippen molar-refractivity contribution in [3.05, 3.63) is 41.6 Å². The number of hydrogen-bond acceptors (Lipinski definition) is 2. The van der Waals surface area contributed by atoms with Crippen LogP contribution in [0.5, 0.6) is 0 Å². The van der Waals surface area contributed by atoms with Gasteiger partial charge in [-0.05, 0) is 69.1 Å². The molecule has 3 heteroatoms. The smallest absolute Gasteiger partial charge is 0.113 e. The lowest BCUT2D eigenvalue weighted by Crippen LogP contribution is -2.59. The molecule has 24 heavy (non-hydrogen) atoms. The van der Waals surface area contributed by atoms with Gasteiger partial charge in [0.1, 0.15) is 5.82 Å². The molecule has 4 aliphatic carbocycles. The Morgan fingerprint density at radius 2 is 2.08 bits per heavy atom. The van der Waals surface area contributed by atoms with Crippen molar-refractivity contribution in [1.29, 1.82) is 0 Å². The van der Waals surface area contributed by atoms with Crippen molar-refractivity contribution in [2.45, 2.75) is 63.8 Å². The molecule has 0 saturated heterocycles. The lowest BCUT2D eigenvalue weighted by Gasteiger charge is -2.62. The first kappa shape index (κ1) is 14.4. The van der Waals surface area contributed by atoms with Gasteiger partial charge in [0.05, 0.1) is 11.4 Å². The molecule has 0 N–H and O–H groups in total. The first-order chi connectivity index (χ1) is 11.7. The van der Waals surface area contributed by atoms with Gasteiger partial charge >= 0.3 is 0 Å². The molecule has 0 aromatic carbocycles. The summed E-state index contributed by atoms with van der Waals surface area (Å²) in [7, 11) is 0. The van der Waals surface area contributed by atoms with Crippen molar-refractivity contribution in [2.75, 3.05) is 0 Å². The molecule has 0 atom stereocenters. The predicted molar refractivity (Wildman–Crippen MR) is 96.8 cm³/mol. The minimum absolute atomic E-state index is 0.431. The summed E-state index contributed by atoms with van der Waals surface area (Å²) in [4.78, 5) is 9.71. The van der Waals surface area contributed by atoms with Crippen LogP contribution in [0.1, 0.15) is 68.4 Å². The number of aromatic nitrogens is 3. The largest absolute Gasteiger partial charge is 0.328 e. The van der Waals surface area contributed by atoms with E-state index < -0.39 is 0 Å². The maximum atomic E-state index is 5.05. The topological polar surface area (TPSA) is 30.7 Å². The fourth-order valence-corrected chi connectivity index (χ4v) is 4.40. The summed E-state index contributed by atoms with van der Waals surface area (Å²) in [6.07, 6.45) is 16.4. The van der Waals surface area contributed by atoms with E-state index in [0.717, 1.165) is 29.3 Å². The van der Waals surface area contributed by atoms with Crippen LogP contribution in [0, 0.1) is 12.8 Å². The Morgan fingerprint density at radius 1 is 1.29 bits per heavy atom. The molecule has 0 aliphatic heterocycles. The Bertz CT molecular complexity index is 809. The molecule has 6 rings (SSSR count). The van der Waals surface area contributed by atoms with E-state index in [-0.39, 0.29) is 0 Å². The van der Waals surface area contributed by atoms with Crippen molar-refractivity contribution >= 4 is 6.08 Å². The number of aryl methyl sites for hydroxylation is 1. The summed E-state index contributed by atoms with van der Waals surface area (Å²) >= 11 is 0. The second kappa shape index (κ2) is 5.05. The summed E-state index contributed by atoms with van der Waals surface area (Å²) in [5, 5.41) is 0. The van der Waals surface area contributed by atoms with E-state index in [1.165, 1.54) is 43.5 Å². The molecule has 0 spiro atoms. The van der Waals surface area contributed by atoms with E-state index >= 15 is 0 Å². The molecular weight excluding hydrogens is 294 g/mol. The van der Waals surface area contributed by atoms with Gasteiger partial charge in [-0.3, -0.25) is 4.98 Å². The van der Waals surface area contributed by atoms with Crippen molar-refractivity contribution in [3.8, 4) is 11.3 Å². The van der Waals surface area contributed by atoms with Crippen LogP contribution in [0.2, 0.25) is 0 Å². The van der Waals surface area contributed by atoms with Gasteiger partial charge in [-0.15, -0.1) is 0 Å². The molecule has 0 unspecified atom stereocenters. The van der Waals surface area contributed by atoms with Gasteiger partial charge in [0.2, 0.25) is 0 Å². The fourth-order valence-electron chi connectivity index (χ4n) is 4.40. The average molecular weight is 319 g/mol. The zero-order valence-electron chi connectivity index (χ0n) is 14.6. The van der Waals surface area contributed by atoms with Crippen LogP contribution in [0.4, 0.5) is 0 Å². The normalized spacial score (nSPS) is 28.0. The summed E-state index contributed by atoms with van der Waals surface area (Å²) in [5.74, 6) is 3.04. The van der Waals surface area contributed by atoms with Gasteiger partial charge in [0.25, 0.3) is 0 Å². The Balaban J connectivity index is 1.51. The Hall–Kier alpha value is -1.90. The summed E-state index contributed by atoms with van der Waals surface area (Å²) in [6.45, 7) is 4.29. The maximum Gasteiger partial charge on any atom is 0.113 e. The molecule has 124 valence electrons. The Morgan fingerprint density at radius 3 is 2.67 bits per heavy atom. The zero-order valence-corrected chi connectivity index (χ0v) is 14.6. The molecule has 4 saturated carbocycles. The van der Waals surface area contributed by atoms with E-state index in [4.69, 9.17) is 4.98 Å². The molecule has 2 heterocycles. The van der Waals surface area contributed by atoms with Crippen molar-refractivity contribution < 1.29 is 0 Å². The van der Waals surface area contributed by atoms with Crippen LogP contribution in [0.3, 0.4) is 0 Å². The van der Waals surface area contributed by atoms with Crippen LogP contribution in [-0.2, 0) is 5.54 Å². The van der Waals surface area contributed by atoms with Gasteiger partial charge in [-0.1, -0.05) is 13.0 Å². The average Bonchev–Trinajstić information content (AvgIpc) is 3.24. The monoisotopic (exact) mass is 319 g/mol. The molecule has 2 aromatic heterocycles. The number of nitrogens with zero attached hydrogens (tertiary/aromatic N) is 3. The van der Waals surface area contributed by atoms with Gasteiger partial charge < -0.3 is 4.57 Å². The van der Waals surface area contributed by atoms with E-state index in [1.807, 2.05) is 6.20 Å². The standard InChI is InChI=1S/C21H25N3/c1-3-4-5-18-14(2)8-17(12-22-18)19-13-24(20(23-19)16-6-7-16)21-9-15(10-21)11-21/h4-5,8,12-13,15-16H,3,6-7,9-11H2,1-2H3/b5-4-. The quantitative estimate of drug-likeness (QED) is 0.771. The lowest BCUT2D eigenvalue weighted by molar-refractivity contribution is -0.0907. The number of pyridine rings is 1. The Kier molecular flexibility index (Phi) is 3.04. The van der Waals surface area contributed by atoms with Crippen LogP contribution in [0.15, 0.2) is 24.5 Å². The zero-order chi connectivity index (χ0) is 16.3. The van der Waals surface area contributed by atoms with Gasteiger partial charge in [-0.2, -0.15) is 0 Å². The van der Waals surface area contributed by atoms with E-state index in [0.29, 0.717) is 11.5 Å². The van der Waals surface area contributed by atoms with E-state index in [9.17, 15) is 0 Å². The highest BCUT2D eigenvalue weighted by atomic mass is 15.2. The Labute approximate surface area is 143 Å². The lowest BCUT2D eigenvalue weighted by atomic mass is 9.49. The summed E-state index contributed by atoms with van der Waals surface area (Å²) in [6, 6.07) is 2.24. The minimum Gasteiger partial charge on any atom is -0.328 e. The minimum atomic E-state index is 0.431. The van der Waals surface area contributed by atoms with Crippen LogP contribution in [-0.4, -0.2) is 14.5 Å². The molecule has 4 fully saturated rings. The molecule has 2 bridgehead atoms. The highest BCUT2D eigenvalue weighted by molar-refractivity contribution is 5.62. The van der Waals surface area contributed by atoms with Crippen molar-refractivity contribution in [2.24, 2.45) is 5.92 Å². The van der Waals surface area contributed by atoms with Crippen molar-refractivity contribution in [3.63, 3.8) is 0 Å². The van der Waals surface area contributed by atoms with E-state index in [2.05, 4.69) is 47.8 Å². The molecule has 2 aromatic rings. The highest BCUT2D eigenvalue weighted by Gasteiger charge is 2.59. The third kappa shape index (κ3) is 2.10. The van der Waals surface area contributed by atoms with Gasteiger partial charge in [0.15, 0.2) is 0 Å². The molecule has 4 aliphatic rings. The van der Waals surface area contributed by atoms with Crippen LogP contribution in [0.25, 0.3) is 17.3 Å². The van der Waals surface area contributed by atoms with Gasteiger partial charge in [-0.25, -0.2) is 4.98 Å². The first-order valence-electron chi connectivity index (χ1n) is 9.42. The second-order valence-electron chi connectivity index (χ2n) is 8.07. The second-order valence-corrected chi connectivity index (χ2v) is 8.07. The highest BCUT2D eigenvalue weighted by Crippen LogP contribution is 2.63. The van der Waals surface area contributed by atoms with Crippen molar-refractivity contribution in [1.82, 2.24) is 14.5 Å². The molecule has 0 amide bonds. The third-order valence-electron chi connectivity index (χ3n) is 6.12. The first-order valence-corrected chi connectivity index (χ1v) is 9.42. The number of rotatable bonds is 5. The SMILES string of the molecule is CC/C=C\c1ncc(-c2cn(C34CC(C3)C4)c(C3CC3)n2)cc1C. The third-order valence-corrected chi connectivity index (χ3v) is 6.12. The molecule has 3 nitrogen and oxygen atoms in total.